The van der Waals surface area contributed by atoms with Gasteiger partial charge in [-0.15, -0.1) is 0 Å². The van der Waals surface area contributed by atoms with Gasteiger partial charge < -0.3 is 16.0 Å². The van der Waals surface area contributed by atoms with Crippen molar-refractivity contribution in [2.75, 3.05) is 23.7 Å². The molecule has 24 heavy (non-hydrogen) atoms. The van der Waals surface area contributed by atoms with Crippen molar-refractivity contribution in [3.63, 3.8) is 0 Å². The van der Waals surface area contributed by atoms with Crippen molar-refractivity contribution in [2.24, 2.45) is 5.92 Å². The molecular weight excluding hydrogens is 304 g/mol. The number of aromatic nitrogens is 1. The lowest BCUT2D eigenvalue weighted by molar-refractivity contribution is -0.120. The van der Waals surface area contributed by atoms with Crippen molar-refractivity contribution >= 4 is 23.2 Å². The first kappa shape index (κ1) is 16.1. The summed E-state index contributed by atoms with van der Waals surface area (Å²) < 4.78 is 0. The third kappa shape index (κ3) is 4.17. The van der Waals surface area contributed by atoms with Crippen LogP contribution >= 0.6 is 0 Å². The highest BCUT2D eigenvalue weighted by Gasteiger charge is 2.20. The van der Waals surface area contributed by atoms with E-state index in [0.717, 1.165) is 19.4 Å². The SMILES string of the molecule is O=C(Nc1cccc(NC(=O)C2CCCNC2)c1)c1ccncc1. The lowest BCUT2D eigenvalue weighted by Crippen LogP contribution is -2.37. The number of nitrogens with zero attached hydrogens (tertiary/aromatic N) is 1. The summed E-state index contributed by atoms with van der Waals surface area (Å²) in [6, 6.07) is 10.5. The predicted octanol–water partition coefficient (Wildman–Crippen LogP) is 2.27. The van der Waals surface area contributed by atoms with Gasteiger partial charge in [0.15, 0.2) is 0 Å². The summed E-state index contributed by atoms with van der Waals surface area (Å²) in [7, 11) is 0. The number of benzene rings is 1. The van der Waals surface area contributed by atoms with Crippen LogP contribution in [0.15, 0.2) is 48.8 Å². The molecule has 3 rings (SSSR count). The van der Waals surface area contributed by atoms with Gasteiger partial charge in [0, 0.05) is 35.9 Å². The summed E-state index contributed by atoms with van der Waals surface area (Å²) in [5.74, 6) is -0.203. The molecule has 124 valence electrons. The fourth-order valence-electron chi connectivity index (χ4n) is 2.70. The highest BCUT2D eigenvalue weighted by Crippen LogP contribution is 2.18. The molecule has 1 atom stereocenters. The van der Waals surface area contributed by atoms with Gasteiger partial charge in [-0.25, -0.2) is 0 Å². The Bertz CT molecular complexity index is 712. The van der Waals surface area contributed by atoms with E-state index >= 15 is 0 Å². The number of piperidine rings is 1. The molecule has 2 aromatic rings. The van der Waals surface area contributed by atoms with E-state index in [2.05, 4.69) is 20.9 Å². The minimum atomic E-state index is -0.211. The van der Waals surface area contributed by atoms with Crippen LogP contribution in [0.3, 0.4) is 0 Å². The second-order valence-electron chi connectivity index (χ2n) is 5.80. The Kier molecular flexibility index (Phi) is 5.18. The van der Waals surface area contributed by atoms with Gasteiger partial charge in [-0.3, -0.25) is 14.6 Å². The Morgan fingerprint density at radius 2 is 1.83 bits per heavy atom. The second kappa shape index (κ2) is 7.70. The van der Waals surface area contributed by atoms with Gasteiger partial charge in [-0.2, -0.15) is 0 Å². The number of carbonyl (C=O) groups is 2. The number of nitrogens with one attached hydrogen (secondary N) is 3. The van der Waals surface area contributed by atoms with E-state index in [1.165, 1.54) is 0 Å². The highest BCUT2D eigenvalue weighted by molar-refractivity contribution is 6.04. The molecular formula is C18H20N4O2. The van der Waals surface area contributed by atoms with Crippen molar-refractivity contribution in [3.05, 3.63) is 54.4 Å². The van der Waals surface area contributed by atoms with Crippen LogP contribution in [0.5, 0.6) is 0 Å². The Morgan fingerprint density at radius 3 is 2.54 bits per heavy atom. The molecule has 0 aliphatic carbocycles. The summed E-state index contributed by atoms with van der Waals surface area (Å²) in [5, 5.41) is 8.98. The predicted molar refractivity (Wildman–Crippen MR) is 92.9 cm³/mol. The average molecular weight is 324 g/mol. The molecule has 6 heteroatoms. The normalized spacial score (nSPS) is 17.1. The van der Waals surface area contributed by atoms with Crippen molar-refractivity contribution in [2.45, 2.75) is 12.8 Å². The summed E-state index contributed by atoms with van der Waals surface area (Å²) in [5.41, 5.74) is 1.85. The molecule has 1 aromatic heterocycles. The largest absolute Gasteiger partial charge is 0.326 e. The molecule has 2 amide bonds. The molecule has 1 fully saturated rings. The average Bonchev–Trinajstić information content (AvgIpc) is 2.63. The zero-order chi connectivity index (χ0) is 16.8. The minimum absolute atomic E-state index is 0.00573. The Balaban J connectivity index is 1.63. The van der Waals surface area contributed by atoms with Crippen LogP contribution in [0.4, 0.5) is 11.4 Å². The maximum Gasteiger partial charge on any atom is 0.255 e. The summed E-state index contributed by atoms with van der Waals surface area (Å²) in [6.45, 7) is 1.69. The van der Waals surface area contributed by atoms with Crippen LogP contribution in [0.1, 0.15) is 23.2 Å². The zero-order valence-electron chi connectivity index (χ0n) is 13.3. The van der Waals surface area contributed by atoms with E-state index < -0.39 is 0 Å². The van der Waals surface area contributed by atoms with Crippen LogP contribution in [0.25, 0.3) is 0 Å². The Hall–Kier alpha value is -2.73. The highest BCUT2D eigenvalue weighted by atomic mass is 16.2. The van der Waals surface area contributed by atoms with E-state index in [0.29, 0.717) is 23.5 Å². The first-order valence-corrected chi connectivity index (χ1v) is 8.05. The molecule has 3 N–H and O–H groups in total. The van der Waals surface area contributed by atoms with Crippen LogP contribution in [-0.4, -0.2) is 29.9 Å². The van der Waals surface area contributed by atoms with Gasteiger partial charge in [0.05, 0.1) is 5.92 Å². The fraction of sp³-hybridized carbons (Fsp3) is 0.278. The summed E-state index contributed by atoms with van der Waals surface area (Å²) in [4.78, 5) is 28.3. The van der Waals surface area contributed by atoms with E-state index in [4.69, 9.17) is 0 Å². The number of pyridine rings is 1. The van der Waals surface area contributed by atoms with E-state index in [1.54, 1.807) is 42.7 Å². The smallest absolute Gasteiger partial charge is 0.255 e. The number of hydrogen-bond donors (Lipinski definition) is 3. The number of hydrogen-bond acceptors (Lipinski definition) is 4. The van der Waals surface area contributed by atoms with Gasteiger partial charge in [0.2, 0.25) is 5.91 Å². The summed E-state index contributed by atoms with van der Waals surface area (Å²) in [6.07, 6.45) is 5.06. The molecule has 1 aromatic carbocycles. The molecule has 1 aliphatic heterocycles. The van der Waals surface area contributed by atoms with E-state index in [-0.39, 0.29) is 17.7 Å². The number of amides is 2. The van der Waals surface area contributed by atoms with Crippen LogP contribution < -0.4 is 16.0 Å². The van der Waals surface area contributed by atoms with E-state index in [9.17, 15) is 9.59 Å². The molecule has 1 unspecified atom stereocenters. The quantitative estimate of drug-likeness (QED) is 0.806. The fourth-order valence-corrected chi connectivity index (χ4v) is 2.70. The lowest BCUT2D eigenvalue weighted by Gasteiger charge is -2.22. The van der Waals surface area contributed by atoms with Crippen molar-refractivity contribution in [1.82, 2.24) is 10.3 Å². The van der Waals surface area contributed by atoms with Crippen molar-refractivity contribution in [3.8, 4) is 0 Å². The van der Waals surface area contributed by atoms with Gasteiger partial charge in [-0.05, 0) is 49.7 Å². The maximum absolute atomic E-state index is 12.3. The monoisotopic (exact) mass is 324 g/mol. The zero-order valence-corrected chi connectivity index (χ0v) is 13.3. The molecule has 0 bridgehead atoms. The summed E-state index contributed by atoms with van der Waals surface area (Å²) >= 11 is 0. The Morgan fingerprint density at radius 1 is 1.08 bits per heavy atom. The van der Waals surface area contributed by atoms with Gasteiger partial charge in [0.25, 0.3) is 5.91 Å². The topological polar surface area (TPSA) is 83.1 Å². The third-order valence-electron chi connectivity index (χ3n) is 4.00. The maximum atomic E-state index is 12.3. The van der Waals surface area contributed by atoms with Crippen LogP contribution in [-0.2, 0) is 4.79 Å². The molecule has 0 saturated carbocycles. The molecule has 1 saturated heterocycles. The number of anilines is 2. The first-order valence-electron chi connectivity index (χ1n) is 8.05. The molecule has 0 spiro atoms. The second-order valence-corrected chi connectivity index (χ2v) is 5.80. The number of rotatable bonds is 4. The number of carbonyl (C=O) groups excluding carboxylic acids is 2. The molecule has 1 aliphatic rings. The Labute approximate surface area is 140 Å². The van der Waals surface area contributed by atoms with Crippen molar-refractivity contribution < 1.29 is 9.59 Å². The molecule has 2 heterocycles. The van der Waals surface area contributed by atoms with Crippen molar-refractivity contribution in [1.29, 1.82) is 0 Å². The van der Waals surface area contributed by atoms with Gasteiger partial charge >= 0.3 is 0 Å². The van der Waals surface area contributed by atoms with Crippen LogP contribution in [0.2, 0.25) is 0 Å². The standard InChI is InChI=1S/C18H20N4O2/c23-17(13-6-9-19-10-7-13)21-15-4-1-5-16(11-15)22-18(24)14-3-2-8-20-12-14/h1,4-7,9-11,14,20H,2-3,8,12H2,(H,21,23)(H,22,24). The molecule has 0 radical (unpaired) electrons. The third-order valence-corrected chi connectivity index (χ3v) is 4.00. The first-order chi connectivity index (χ1) is 11.7. The minimum Gasteiger partial charge on any atom is -0.326 e. The lowest BCUT2D eigenvalue weighted by atomic mass is 9.99. The van der Waals surface area contributed by atoms with Gasteiger partial charge in [-0.1, -0.05) is 6.07 Å². The molecule has 6 nitrogen and oxygen atoms in total. The van der Waals surface area contributed by atoms with E-state index in [1.807, 2.05) is 6.07 Å². The van der Waals surface area contributed by atoms with Crippen LogP contribution in [0, 0.1) is 5.92 Å². The van der Waals surface area contributed by atoms with Gasteiger partial charge in [0.1, 0.15) is 0 Å².